The third-order valence-electron chi connectivity index (χ3n) is 3.21. The summed E-state index contributed by atoms with van der Waals surface area (Å²) in [5.74, 6) is -4.40. The first kappa shape index (κ1) is 17.1. The molecule has 1 aliphatic heterocycles. The molecule has 1 aromatic rings. The molecule has 1 heterocycles. The maximum absolute atomic E-state index is 12.7. The normalized spacial score (nSPS) is 15.0. The van der Waals surface area contributed by atoms with Crippen LogP contribution >= 0.6 is 0 Å². The van der Waals surface area contributed by atoms with Gasteiger partial charge < -0.3 is 14.2 Å². The van der Waals surface area contributed by atoms with E-state index in [0.29, 0.717) is 30.3 Å². The van der Waals surface area contributed by atoms with Crippen LogP contribution in [0.25, 0.3) is 0 Å². The van der Waals surface area contributed by atoms with Crippen LogP contribution in [0.5, 0.6) is 11.5 Å². The van der Waals surface area contributed by atoms with Crippen LogP contribution in [0, 0.1) is 5.92 Å². The van der Waals surface area contributed by atoms with E-state index < -0.39 is 30.3 Å². The van der Waals surface area contributed by atoms with Gasteiger partial charge in [0.15, 0.2) is 11.5 Å². The second-order valence-electron chi connectivity index (χ2n) is 4.85. The number of carbonyl (C=O) groups is 2. The van der Waals surface area contributed by atoms with Crippen molar-refractivity contribution >= 4 is 11.8 Å². The van der Waals surface area contributed by atoms with E-state index in [1.165, 1.54) is 25.1 Å². The Hall–Kier alpha value is -2.25. The molecule has 0 saturated heterocycles. The first-order chi connectivity index (χ1) is 10.8. The second-order valence-corrected chi connectivity index (χ2v) is 4.85. The summed E-state index contributed by atoms with van der Waals surface area (Å²) in [5, 5.41) is 0. The van der Waals surface area contributed by atoms with Crippen LogP contribution in [0.4, 0.5) is 13.2 Å². The maximum atomic E-state index is 12.7. The van der Waals surface area contributed by atoms with Crippen molar-refractivity contribution < 1.29 is 37.0 Å². The molecule has 0 radical (unpaired) electrons. The summed E-state index contributed by atoms with van der Waals surface area (Å²) in [6.45, 7) is 2.04. The molecule has 0 aromatic heterocycles. The molecule has 0 amide bonds. The monoisotopic (exact) mass is 332 g/mol. The standard InChI is InChI=1S/C15H15F3O5/c1-2-21-14(20)10(13(19)15(16,17)18)7-9-3-4-11-12(8-9)23-6-5-22-11/h3-4,8,10H,2,5-7H2,1H3. The van der Waals surface area contributed by atoms with Crippen LogP contribution in [-0.2, 0) is 20.7 Å². The summed E-state index contributed by atoms with van der Waals surface area (Å²) in [4.78, 5) is 23.2. The number of esters is 1. The van der Waals surface area contributed by atoms with Crippen molar-refractivity contribution in [1.82, 2.24) is 0 Å². The number of alkyl halides is 3. The molecule has 0 fully saturated rings. The Morgan fingerprint density at radius 2 is 1.87 bits per heavy atom. The highest BCUT2D eigenvalue weighted by Gasteiger charge is 2.46. The summed E-state index contributed by atoms with van der Waals surface area (Å²) in [6.07, 6.45) is -5.53. The quantitative estimate of drug-likeness (QED) is 0.612. The van der Waals surface area contributed by atoms with Gasteiger partial charge in [0, 0.05) is 0 Å². The van der Waals surface area contributed by atoms with Crippen molar-refractivity contribution in [3.8, 4) is 11.5 Å². The van der Waals surface area contributed by atoms with Crippen LogP contribution < -0.4 is 9.47 Å². The van der Waals surface area contributed by atoms with Crippen LogP contribution in [0.3, 0.4) is 0 Å². The largest absolute Gasteiger partial charge is 0.486 e. The van der Waals surface area contributed by atoms with E-state index in [9.17, 15) is 22.8 Å². The van der Waals surface area contributed by atoms with Gasteiger partial charge in [-0.3, -0.25) is 9.59 Å². The van der Waals surface area contributed by atoms with Gasteiger partial charge in [-0.15, -0.1) is 0 Å². The smallest absolute Gasteiger partial charge is 0.450 e. The van der Waals surface area contributed by atoms with Crippen LogP contribution in [0.15, 0.2) is 18.2 Å². The molecule has 126 valence electrons. The zero-order chi connectivity index (χ0) is 17.0. The Morgan fingerprint density at radius 1 is 1.22 bits per heavy atom. The van der Waals surface area contributed by atoms with Crippen molar-refractivity contribution in [2.24, 2.45) is 5.92 Å². The van der Waals surface area contributed by atoms with Crippen molar-refractivity contribution in [2.45, 2.75) is 19.5 Å². The molecule has 0 saturated carbocycles. The number of Topliss-reactive ketones (excluding diaryl/α,β-unsaturated/α-hetero) is 1. The number of halogens is 3. The van der Waals surface area contributed by atoms with Gasteiger partial charge >= 0.3 is 12.1 Å². The summed E-state index contributed by atoms with van der Waals surface area (Å²) >= 11 is 0. The Bertz CT molecular complexity index is 597. The second kappa shape index (κ2) is 6.89. The topological polar surface area (TPSA) is 61.8 Å². The van der Waals surface area contributed by atoms with Crippen LogP contribution in [0.1, 0.15) is 12.5 Å². The molecule has 0 aliphatic carbocycles. The highest BCUT2D eigenvalue weighted by atomic mass is 19.4. The van der Waals surface area contributed by atoms with Gasteiger partial charge in [-0.25, -0.2) is 0 Å². The summed E-state index contributed by atoms with van der Waals surface area (Å²) in [6, 6.07) is 4.48. The summed E-state index contributed by atoms with van der Waals surface area (Å²) in [5.41, 5.74) is 0.352. The Morgan fingerprint density at radius 3 is 2.48 bits per heavy atom. The maximum Gasteiger partial charge on any atom is 0.450 e. The zero-order valence-corrected chi connectivity index (χ0v) is 12.3. The van der Waals surface area contributed by atoms with E-state index in [2.05, 4.69) is 4.74 Å². The highest BCUT2D eigenvalue weighted by Crippen LogP contribution is 2.32. The fourth-order valence-electron chi connectivity index (χ4n) is 2.17. The van der Waals surface area contributed by atoms with E-state index in [1.54, 1.807) is 0 Å². The molecule has 0 N–H and O–H groups in total. The third-order valence-corrected chi connectivity index (χ3v) is 3.21. The number of ether oxygens (including phenoxy) is 3. The molecule has 0 spiro atoms. The fourth-order valence-corrected chi connectivity index (χ4v) is 2.17. The predicted molar refractivity (Wildman–Crippen MR) is 72.3 cm³/mol. The highest BCUT2D eigenvalue weighted by molar-refractivity contribution is 6.02. The van der Waals surface area contributed by atoms with Gasteiger partial charge in [-0.05, 0) is 31.0 Å². The molecular formula is C15H15F3O5. The number of ketones is 1. The van der Waals surface area contributed by atoms with Crippen molar-refractivity contribution in [2.75, 3.05) is 19.8 Å². The molecule has 1 aliphatic rings. The number of carbonyl (C=O) groups excluding carboxylic acids is 2. The van der Waals surface area contributed by atoms with E-state index in [1.807, 2.05) is 0 Å². The molecular weight excluding hydrogens is 317 g/mol. The lowest BCUT2D eigenvalue weighted by molar-refractivity contribution is -0.180. The minimum absolute atomic E-state index is 0.110. The molecule has 1 unspecified atom stereocenters. The van der Waals surface area contributed by atoms with E-state index in [-0.39, 0.29) is 6.61 Å². The number of fused-ring (bicyclic) bond motifs is 1. The van der Waals surface area contributed by atoms with E-state index >= 15 is 0 Å². The number of hydrogen-bond acceptors (Lipinski definition) is 5. The average molecular weight is 332 g/mol. The SMILES string of the molecule is CCOC(=O)C(Cc1ccc2c(c1)OCCO2)C(=O)C(F)(F)F. The zero-order valence-electron chi connectivity index (χ0n) is 12.3. The minimum atomic E-state index is -5.11. The molecule has 1 atom stereocenters. The van der Waals surface area contributed by atoms with Gasteiger partial charge in [0.25, 0.3) is 5.78 Å². The van der Waals surface area contributed by atoms with Crippen LogP contribution in [0.2, 0.25) is 0 Å². The van der Waals surface area contributed by atoms with Gasteiger partial charge in [0.1, 0.15) is 19.1 Å². The van der Waals surface area contributed by atoms with Crippen molar-refractivity contribution in [1.29, 1.82) is 0 Å². The molecule has 8 heteroatoms. The first-order valence-electron chi connectivity index (χ1n) is 6.99. The number of benzene rings is 1. The number of hydrogen-bond donors (Lipinski definition) is 0. The van der Waals surface area contributed by atoms with Crippen LogP contribution in [-0.4, -0.2) is 37.7 Å². The van der Waals surface area contributed by atoms with Gasteiger partial charge in [-0.1, -0.05) is 6.07 Å². The molecule has 1 aromatic carbocycles. The minimum Gasteiger partial charge on any atom is -0.486 e. The van der Waals surface area contributed by atoms with Crippen molar-refractivity contribution in [3.63, 3.8) is 0 Å². The third kappa shape index (κ3) is 4.14. The van der Waals surface area contributed by atoms with Gasteiger partial charge in [-0.2, -0.15) is 13.2 Å². The van der Waals surface area contributed by atoms with E-state index in [4.69, 9.17) is 9.47 Å². The molecule has 23 heavy (non-hydrogen) atoms. The predicted octanol–water partition coefficient (Wildman–Crippen LogP) is 2.31. The molecule has 2 rings (SSSR count). The molecule has 0 bridgehead atoms. The average Bonchev–Trinajstić information content (AvgIpc) is 2.51. The lowest BCUT2D eigenvalue weighted by Crippen LogP contribution is -2.37. The Labute approximate surface area is 130 Å². The summed E-state index contributed by atoms with van der Waals surface area (Å²) in [7, 11) is 0. The van der Waals surface area contributed by atoms with Gasteiger partial charge in [0.2, 0.25) is 0 Å². The summed E-state index contributed by atoms with van der Waals surface area (Å²) < 4.78 is 53.3. The lowest BCUT2D eigenvalue weighted by Gasteiger charge is -2.20. The Balaban J connectivity index is 2.23. The first-order valence-corrected chi connectivity index (χ1v) is 6.99. The molecule has 5 nitrogen and oxygen atoms in total. The van der Waals surface area contributed by atoms with Crippen molar-refractivity contribution in [3.05, 3.63) is 23.8 Å². The fraction of sp³-hybridized carbons (Fsp3) is 0.467. The lowest BCUT2D eigenvalue weighted by atomic mass is 9.94. The Kier molecular flexibility index (Phi) is 5.12. The van der Waals surface area contributed by atoms with E-state index in [0.717, 1.165) is 0 Å². The number of rotatable bonds is 5. The van der Waals surface area contributed by atoms with Gasteiger partial charge in [0.05, 0.1) is 6.61 Å².